The zero-order valence-corrected chi connectivity index (χ0v) is 17.9. The van der Waals surface area contributed by atoms with Gasteiger partial charge < -0.3 is 14.2 Å². The number of hydrogen-bond acceptors (Lipinski definition) is 6. The molecule has 0 radical (unpaired) electrons. The third-order valence-electron chi connectivity index (χ3n) is 5.44. The van der Waals surface area contributed by atoms with Gasteiger partial charge in [0, 0.05) is 35.3 Å². The van der Waals surface area contributed by atoms with E-state index in [4.69, 9.17) is 20.9 Å². The molecule has 2 aromatic carbocycles. The molecule has 3 heterocycles. The predicted octanol–water partition coefficient (Wildman–Crippen LogP) is 5.06. The Hall–Kier alpha value is -3.32. The molecule has 0 atom stereocenters. The summed E-state index contributed by atoms with van der Waals surface area (Å²) in [6, 6.07) is 17.4. The van der Waals surface area contributed by atoms with Crippen LogP contribution in [0.4, 0.5) is 5.95 Å². The zero-order chi connectivity index (χ0) is 21.2. The molecule has 8 heteroatoms. The number of aromatic nitrogens is 4. The molecule has 0 N–H and O–H groups in total. The van der Waals surface area contributed by atoms with Crippen molar-refractivity contribution in [2.45, 2.75) is 25.9 Å². The van der Waals surface area contributed by atoms with Crippen LogP contribution in [0.25, 0.3) is 22.7 Å². The number of methoxy groups -OCH3 is 1. The van der Waals surface area contributed by atoms with Crippen LogP contribution in [0.2, 0.25) is 5.02 Å². The van der Waals surface area contributed by atoms with Gasteiger partial charge in [-0.1, -0.05) is 28.9 Å². The van der Waals surface area contributed by atoms with Crippen LogP contribution in [0, 0.1) is 0 Å². The average Bonchev–Trinajstić information content (AvgIpc) is 3.38. The van der Waals surface area contributed by atoms with Gasteiger partial charge in [0.1, 0.15) is 11.4 Å². The molecule has 2 aromatic heterocycles. The summed E-state index contributed by atoms with van der Waals surface area (Å²) in [7, 11) is 1.66. The van der Waals surface area contributed by atoms with Crippen LogP contribution >= 0.6 is 11.6 Å². The molecule has 1 aliphatic heterocycles. The molecule has 0 aliphatic carbocycles. The smallest absolute Gasteiger partial charge is 0.227 e. The molecule has 0 bridgehead atoms. The van der Waals surface area contributed by atoms with E-state index in [0.29, 0.717) is 17.3 Å². The molecule has 0 spiro atoms. The summed E-state index contributed by atoms with van der Waals surface area (Å²) in [5.41, 5.74) is 2.77. The minimum Gasteiger partial charge on any atom is -0.497 e. The second-order valence-corrected chi connectivity index (χ2v) is 7.96. The van der Waals surface area contributed by atoms with Gasteiger partial charge in [0.05, 0.1) is 13.7 Å². The Morgan fingerprint density at radius 1 is 1.00 bits per heavy atom. The Kier molecular flexibility index (Phi) is 5.34. The number of ether oxygens (including phenoxy) is 1. The molecule has 0 amide bonds. The highest BCUT2D eigenvalue weighted by Crippen LogP contribution is 2.29. The first-order chi connectivity index (χ1) is 15.2. The van der Waals surface area contributed by atoms with Crippen molar-refractivity contribution >= 4 is 17.5 Å². The van der Waals surface area contributed by atoms with Gasteiger partial charge in [-0.15, -0.1) is 10.2 Å². The second kappa shape index (κ2) is 8.43. The highest BCUT2D eigenvalue weighted by molar-refractivity contribution is 6.30. The van der Waals surface area contributed by atoms with Crippen LogP contribution < -0.4 is 9.64 Å². The standard InChI is InChI=1S/C23H22ClN5O2/c1-30-20-9-7-16(8-10-20)22-25-26-23-28(11-2-3-12-29(22)23)15-19-14-21(31-27-19)17-5-4-6-18(24)13-17/h4-10,13-14H,2-3,11-12,15H2,1H3. The molecule has 0 fully saturated rings. The lowest BCUT2D eigenvalue weighted by atomic mass is 10.1. The summed E-state index contributed by atoms with van der Waals surface area (Å²) in [5.74, 6) is 3.25. The van der Waals surface area contributed by atoms with Gasteiger partial charge in [-0.25, -0.2) is 0 Å². The van der Waals surface area contributed by atoms with E-state index in [1.165, 1.54) is 0 Å². The molecular weight excluding hydrogens is 414 g/mol. The van der Waals surface area contributed by atoms with Gasteiger partial charge in [0.25, 0.3) is 0 Å². The van der Waals surface area contributed by atoms with Crippen LogP contribution in [0.5, 0.6) is 5.75 Å². The van der Waals surface area contributed by atoms with Crippen molar-refractivity contribution in [1.82, 2.24) is 19.9 Å². The molecule has 7 nitrogen and oxygen atoms in total. The van der Waals surface area contributed by atoms with Crippen LogP contribution in [0.3, 0.4) is 0 Å². The van der Waals surface area contributed by atoms with Crippen molar-refractivity contribution in [3.63, 3.8) is 0 Å². The highest BCUT2D eigenvalue weighted by Gasteiger charge is 2.23. The van der Waals surface area contributed by atoms with Gasteiger partial charge in [-0.3, -0.25) is 4.57 Å². The fourth-order valence-electron chi connectivity index (χ4n) is 3.87. The summed E-state index contributed by atoms with van der Waals surface area (Å²) in [6.45, 7) is 2.37. The number of rotatable bonds is 5. The molecular formula is C23H22ClN5O2. The van der Waals surface area contributed by atoms with E-state index in [1.54, 1.807) is 7.11 Å². The predicted molar refractivity (Wildman–Crippen MR) is 119 cm³/mol. The zero-order valence-electron chi connectivity index (χ0n) is 17.2. The molecule has 0 saturated carbocycles. The molecule has 5 rings (SSSR count). The Morgan fingerprint density at radius 2 is 1.84 bits per heavy atom. The van der Waals surface area contributed by atoms with Crippen LogP contribution in [-0.4, -0.2) is 33.6 Å². The molecule has 31 heavy (non-hydrogen) atoms. The maximum Gasteiger partial charge on any atom is 0.227 e. The van der Waals surface area contributed by atoms with Crippen LogP contribution in [-0.2, 0) is 13.1 Å². The summed E-state index contributed by atoms with van der Waals surface area (Å²) in [4.78, 5) is 2.21. The Labute approximate surface area is 185 Å². The topological polar surface area (TPSA) is 69.2 Å². The second-order valence-electron chi connectivity index (χ2n) is 7.53. The van der Waals surface area contributed by atoms with Gasteiger partial charge in [-0.2, -0.15) is 0 Å². The van der Waals surface area contributed by atoms with Gasteiger partial charge in [-0.05, 0) is 49.2 Å². The summed E-state index contributed by atoms with van der Waals surface area (Å²) in [5, 5.41) is 14.0. The Bertz CT molecular complexity index is 1180. The van der Waals surface area contributed by atoms with Crippen molar-refractivity contribution in [3.8, 4) is 28.5 Å². The minimum absolute atomic E-state index is 0.602. The summed E-state index contributed by atoms with van der Waals surface area (Å²) in [6.07, 6.45) is 2.14. The van der Waals surface area contributed by atoms with E-state index in [1.807, 2.05) is 54.6 Å². The maximum atomic E-state index is 6.11. The number of hydrogen-bond donors (Lipinski definition) is 0. The van der Waals surface area contributed by atoms with Crippen molar-refractivity contribution < 1.29 is 9.26 Å². The largest absolute Gasteiger partial charge is 0.497 e. The van der Waals surface area contributed by atoms with E-state index < -0.39 is 0 Å². The van der Waals surface area contributed by atoms with Gasteiger partial charge in [0.15, 0.2) is 11.6 Å². The van der Waals surface area contributed by atoms with Crippen molar-refractivity contribution in [2.24, 2.45) is 0 Å². The number of fused-ring (bicyclic) bond motifs is 1. The number of benzene rings is 2. The molecule has 1 aliphatic rings. The lowest BCUT2D eigenvalue weighted by molar-refractivity contribution is 0.415. The van der Waals surface area contributed by atoms with E-state index in [-0.39, 0.29) is 0 Å². The molecule has 0 unspecified atom stereocenters. The Morgan fingerprint density at radius 3 is 2.65 bits per heavy atom. The van der Waals surface area contributed by atoms with E-state index in [2.05, 4.69) is 24.8 Å². The number of halogens is 1. The minimum atomic E-state index is 0.602. The first-order valence-electron chi connectivity index (χ1n) is 10.3. The normalized spacial score (nSPS) is 13.7. The lowest BCUT2D eigenvalue weighted by Crippen LogP contribution is -2.25. The summed E-state index contributed by atoms with van der Waals surface area (Å²) < 4.78 is 13.0. The van der Waals surface area contributed by atoms with Gasteiger partial charge >= 0.3 is 0 Å². The average molecular weight is 436 g/mol. The van der Waals surface area contributed by atoms with E-state index in [0.717, 1.165) is 60.3 Å². The first-order valence-corrected chi connectivity index (χ1v) is 10.6. The fraction of sp³-hybridized carbons (Fsp3) is 0.261. The van der Waals surface area contributed by atoms with Crippen molar-refractivity contribution in [2.75, 3.05) is 18.6 Å². The monoisotopic (exact) mass is 435 g/mol. The fourth-order valence-corrected chi connectivity index (χ4v) is 4.06. The number of anilines is 1. The SMILES string of the molecule is COc1ccc(-c2nnc3n2CCCCN3Cc2cc(-c3cccc(Cl)c3)on2)cc1. The maximum absolute atomic E-state index is 6.11. The van der Waals surface area contributed by atoms with Crippen LogP contribution in [0.15, 0.2) is 59.1 Å². The van der Waals surface area contributed by atoms with Crippen LogP contribution in [0.1, 0.15) is 18.5 Å². The molecule has 0 saturated heterocycles. The van der Waals surface area contributed by atoms with Gasteiger partial charge in [0.2, 0.25) is 5.95 Å². The molecule has 4 aromatic rings. The van der Waals surface area contributed by atoms with Crippen molar-refractivity contribution in [3.05, 3.63) is 65.3 Å². The Balaban J connectivity index is 1.41. The van der Waals surface area contributed by atoms with Crippen molar-refractivity contribution in [1.29, 1.82) is 0 Å². The third kappa shape index (κ3) is 4.01. The highest BCUT2D eigenvalue weighted by atomic mass is 35.5. The third-order valence-corrected chi connectivity index (χ3v) is 5.68. The first kappa shape index (κ1) is 19.6. The lowest BCUT2D eigenvalue weighted by Gasteiger charge is -2.20. The number of nitrogens with zero attached hydrogens (tertiary/aromatic N) is 5. The van der Waals surface area contributed by atoms with E-state index in [9.17, 15) is 0 Å². The molecule has 158 valence electrons. The quantitative estimate of drug-likeness (QED) is 0.436. The van der Waals surface area contributed by atoms with E-state index >= 15 is 0 Å². The summed E-state index contributed by atoms with van der Waals surface area (Å²) >= 11 is 6.11.